The molecule has 0 bridgehead atoms. The van der Waals surface area contributed by atoms with E-state index >= 15 is 0 Å². The maximum atomic E-state index is 12.6. The van der Waals surface area contributed by atoms with Gasteiger partial charge in [0.1, 0.15) is 0 Å². The lowest BCUT2D eigenvalue weighted by Gasteiger charge is -2.21. The molecule has 2 aromatic carbocycles. The van der Waals surface area contributed by atoms with E-state index in [1.54, 1.807) is 45.0 Å². The Kier molecular flexibility index (Phi) is 6.21. The molecule has 6 heteroatoms. The molecule has 0 aromatic heterocycles. The summed E-state index contributed by atoms with van der Waals surface area (Å²) in [5.74, 6) is -0.148. The van der Waals surface area contributed by atoms with Crippen LogP contribution in [0.25, 0.3) is 0 Å². The first-order valence-electron chi connectivity index (χ1n) is 8.51. The third kappa shape index (κ3) is 5.97. The number of rotatable bonds is 6. The fourth-order valence-electron chi connectivity index (χ4n) is 2.52. The molecule has 1 amide bonds. The van der Waals surface area contributed by atoms with E-state index < -0.39 is 15.6 Å². The number of hydrogen-bond donors (Lipinski definition) is 2. The van der Waals surface area contributed by atoms with E-state index in [0.717, 1.165) is 11.1 Å². The predicted molar refractivity (Wildman–Crippen MR) is 103 cm³/mol. The molecular weight excluding hydrogens is 348 g/mol. The molecule has 0 unspecified atom stereocenters. The molecule has 140 valence electrons. The van der Waals surface area contributed by atoms with Gasteiger partial charge in [-0.1, -0.05) is 48.0 Å². The average Bonchev–Trinajstić information content (AvgIpc) is 2.53. The van der Waals surface area contributed by atoms with Gasteiger partial charge in [0.2, 0.25) is 15.9 Å². The monoisotopic (exact) mass is 374 g/mol. The van der Waals surface area contributed by atoms with Gasteiger partial charge in [0.25, 0.3) is 0 Å². The number of hydrogen-bond acceptors (Lipinski definition) is 3. The van der Waals surface area contributed by atoms with Gasteiger partial charge in [-0.3, -0.25) is 4.79 Å². The molecule has 0 radical (unpaired) electrons. The topological polar surface area (TPSA) is 75.3 Å². The van der Waals surface area contributed by atoms with E-state index in [0.29, 0.717) is 5.56 Å². The van der Waals surface area contributed by atoms with Crippen LogP contribution in [0.5, 0.6) is 0 Å². The Labute approximate surface area is 155 Å². The molecule has 2 rings (SSSR count). The van der Waals surface area contributed by atoms with Gasteiger partial charge in [-0.25, -0.2) is 13.1 Å². The number of benzene rings is 2. The van der Waals surface area contributed by atoms with Gasteiger partial charge < -0.3 is 5.32 Å². The summed E-state index contributed by atoms with van der Waals surface area (Å²) in [7, 11) is -3.66. The van der Waals surface area contributed by atoms with Gasteiger partial charge in [0.05, 0.1) is 11.3 Å². The summed E-state index contributed by atoms with van der Waals surface area (Å²) >= 11 is 0. The van der Waals surface area contributed by atoms with Crippen LogP contribution >= 0.6 is 0 Å². The molecule has 0 saturated heterocycles. The highest BCUT2D eigenvalue weighted by molar-refractivity contribution is 7.89. The van der Waals surface area contributed by atoms with Gasteiger partial charge in [-0.05, 0) is 44.9 Å². The predicted octanol–water partition coefficient (Wildman–Crippen LogP) is 2.93. The Morgan fingerprint density at radius 2 is 1.62 bits per heavy atom. The molecule has 26 heavy (non-hydrogen) atoms. The van der Waals surface area contributed by atoms with Crippen molar-refractivity contribution >= 4 is 15.9 Å². The SMILES string of the molecule is Cc1ccc(CC(=O)NCc2ccccc2S(=O)(=O)NC(C)(C)C)cc1. The lowest BCUT2D eigenvalue weighted by molar-refractivity contribution is -0.120. The Morgan fingerprint density at radius 1 is 1.00 bits per heavy atom. The second-order valence-electron chi connectivity index (χ2n) is 7.40. The van der Waals surface area contributed by atoms with Crippen LogP contribution in [-0.2, 0) is 27.8 Å². The molecule has 0 aliphatic heterocycles. The van der Waals surface area contributed by atoms with Crippen LogP contribution in [0.4, 0.5) is 0 Å². The van der Waals surface area contributed by atoms with Gasteiger partial charge in [-0.2, -0.15) is 0 Å². The Hall–Kier alpha value is -2.18. The molecule has 2 aromatic rings. The van der Waals surface area contributed by atoms with E-state index in [1.165, 1.54) is 0 Å². The molecule has 0 spiro atoms. The van der Waals surface area contributed by atoms with Gasteiger partial charge in [-0.15, -0.1) is 0 Å². The van der Waals surface area contributed by atoms with Crippen molar-refractivity contribution in [3.8, 4) is 0 Å². The maximum absolute atomic E-state index is 12.6. The smallest absolute Gasteiger partial charge is 0.241 e. The van der Waals surface area contributed by atoms with Crippen LogP contribution in [0.15, 0.2) is 53.4 Å². The van der Waals surface area contributed by atoms with Crippen molar-refractivity contribution in [1.29, 1.82) is 0 Å². The number of amides is 1. The average molecular weight is 375 g/mol. The summed E-state index contributed by atoms with van der Waals surface area (Å²) in [6, 6.07) is 14.5. The molecular formula is C20H26N2O3S. The van der Waals surface area contributed by atoms with Crippen molar-refractivity contribution in [1.82, 2.24) is 10.0 Å². The summed E-state index contributed by atoms with van der Waals surface area (Å²) in [6.45, 7) is 7.52. The van der Waals surface area contributed by atoms with Crippen molar-refractivity contribution in [2.24, 2.45) is 0 Å². The highest BCUT2D eigenvalue weighted by Crippen LogP contribution is 2.17. The van der Waals surface area contributed by atoms with Crippen molar-refractivity contribution in [3.05, 3.63) is 65.2 Å². The number of carbonyl (C=O) groups is 1. The van der Waals surface area contributed by atoms with Crippen LogP contribution in [0, 0.1) is 6.92 Å². The zero-order valence-electron chi connectivity index (χ0n) is 15.7. The fourth-order valence-corrected chi connectivity index (χ4v) is 4.18. The van der Waals surface area contributed by atoms with Crippen LogP contribution in [0.3, 0.4) is 0 Å². The summed E-state index contributed by atoms with van der Waals surface area (Å²) in [4.78, 5) is 12.4. The minimum Gasteiger partial charge on any atom is -0.352 e. The molecule has 0 heterocycles. The first-order chi connectivity index (χ1) is 12.1. The van der Waals surface area contributed by atoms with Crippen LogP contribution in [0.2, 0.25) is 0 Å². The van der Waals surface area contributed by atoms with E-state index in [-0.39, 0.29) is 23.8 Å². The number of sulfonamides is 1. The lowest BCUT2D eigenvalue weighted by Crippen LogP contribution is -2.41. The fraction of sp³-hybridized carbons (Fsp3) is 0.350. The molecule has 0 aliphatic carbocycles. The zero-order valence-corrected chi connectivity index (χ0v) is 16.5. The van der Waals surface area contributed by atoms with Crippen molar-refractivity contribution in [2.45, 2.75) is 51.1 Å². The van der Waals surface area contributed by atoms with Crippen LogP contribution < -0.4 is 10.0 Å². The van der Waals surface area contributed by atoms with E-state index in [1.807, 2.05) is 31.2 Å². The summed E-state index contributed by atoms with van der Waals surface area (Å²) < 4.78 is 27.9. The number of carbonyl (C=O) groups excluding carboxylic acids is 1. The van der Waals surface area contributed by atoms with Crippen LogP contribution in [-0.4, -0.2) is 19.9 Å². The summed E-state index contributed by atoms with van der Waals surface area (Å²) in [6.07, 6.45) is 0.259. The van der Waals surface area contributed by atoms with E-state index in [9.17, 15) is 13.2 Å². The zero-order chi connectivity index (χ0) is 19.4. The standard InChI is InChI=1S/C20H26N2O3S/c1-15-9-11-16(12-10-15)13-19(23)21-14-17-7-5-6-8-18(17)26(24,25)22-20(2,3)4/h5-12,22H,13-14H2,1-4H3,(H,21,23). The van der Waals surface area contributed by atoms with Crippen molar-refractivity contribution in [2.75, 3.05) is 0 Å². The summed E-state index contributed by atoms with van der Waals surface area (Å²) in [5, 5.41) is 2.81. The lowest BCUT2D eigenvalue weighted by atomic mass is 10.1. The second kappa shape index (κ2) is 8.01. The van der Waals surface area contributed by atoms with Gasteiger partial charge >= 0.3 is 0 Å². The highest BCUT2D eigenvalue weighted by atomic mass is 32.2. The summed E-state index contributed by atoms with van der Waals surface area (Å²) in [5.41, 5.74) is 2.03. The molecule has 0 atom stereocenters. The minimum absolute atomic E-state index is 0.148. The van der Waals surface area contributed by atoms with Gasteiger partial charge in [0.15, 0.2) is 0 Å². The highest BCUT2D eigenvalue weighted by Gasteiger charge is 2.24. The maximum Gasteiger partial charge on any atom is 0.241 e. The Morgan fingerprint density at radius 3 is 2.23 bits per heavy atom. The van der Waals surface area contributed by atoms with Crippen LogP contribution in [0.1, 0.15) is 37.5 Å². The Bertz CT molecular complexity index is 867. The first-order valence-corrected chi connectivity index (χ1v) is 9.99. The number of aryl methyl sites for hydroxylation is 1. The third-order valence-corrected chi connectivity index (χ3v) is 5.52. The minimum atomic E-state index is -3.66. The molecule has 2 N–H and O–H groups in total. The number of nitrogens with one attached hydrogen (secondary N) is 2. The van der Waals surface area contributed by atoms with Crippen molar-refractivity contribution in [3.63, 3.8) is 0 Å². The molecule has 5 nitrogen and oxygen atoms in total. The molecule has 0 aliphatic rings. The van der Waals surface area contributed by atoms with Crippen molar-refractivity contribution < 1.29 is 13.2 Å². The largest absolute Gasteiger partial charge is 0.352 e. The normalized spacial score (nSPS) is 12.0. The van der Waals surface area contributed by atoms with E-state index in [4.69, 9.17) is 0 Å². The Balaban J connectivity index is 2.08. The van der Waals surface area contributed by atoms with E-state index in [2.05, 4.69) is 10.0 Å². The van der Waals surface area contributed by atoms with Gasteiger partial charge in [0, 0.05) is 12.1 Å². The second-order valence-corrected chi connectivity index (χ2v) is 9.05. The third-order valence-electron chi connectivity index (χ3n) is 3.66. The quantitative estimate of drug-likeness (QED) is 0.816. The first kappa shape index (κ1) is 20.1. The molecule has 0 saturated carbocycles. The molecule has 0 fully saturated rings.